The van der Waals surface area contributed by atoms with Gasteiger partial charge < -0.3 is 9.73 Å². The quantitative estimate of drug-likeness (QED) is 0.866. The standard InChI is InChI=1S/C15H19NO/c1-4-16-15(14-9-12(3)17-10-14)13-7-5-11(2)6-8-13/h5-10,15-16H,4H2,1-3H3. The van der Waals surface area contributed by atoms with Gasteiger partial charge in [-0.05, 0) is 32.0 Å². The van der Waals surface area contributed by atoms with Gasteiger partial charge in [-0.2, -0.15) is 0 Å². The Kier molecular flexibility index (Phi) is 3.64. The molecule has 0 radical (unpaired) electrons. The van der Waals surface area contributed by atoms with E-state index in [2.05, 4.69) is 49.5 Å². The molecule has 17 heavy (non-hydrogen) atoms. The highest BCUT2D eigenvalue weighted by molar-refractivity contribution is 5.32. The number of aryl methyl sites for hydroxylation is 2. The van der Waals surface area contributed by atoms with Crippen molar-refractivity contribution in [2.24, 2.45) is 0 Å². The second-order valence-corrected chi connectivity index (χ2v) is 4.39. The van der Waals surface area contributed by atoms with Crippen LogP contribution in [0.3, 0.4) is 0 Å². The van der Waals surface area contributed by atoms with Crippen LogP contribution in [-0.4, -0.2) is 6.54 Å². The second-order valence-electron chi connectivity index (χ2n) is 4.39. The first-order valence-electron chi connectivity index (χ1n) is 6.05. The SMILES string of the molecule is CCNC(c1ccc(C)cc1)c1coc(C)c1. The Labute approximate surface area is 103 Å². The number of nitrogens with one attached hydrogen (secondary N) is 1. The van der Waals surface area contributed by atoms with Crippen LogP contribution in [-0.2, 0) is 0 Å². The van der Waals surface area contributed by atoms with E-state index in [0.717, 1.165) is 12.3 Å². The molecule has 0 aliphatic rings. The zero-order valence-corrected chi connectivity index (χ0v) is 10.7. The molecule has 0 spiro atoms. The van der Waals surface area contributed by atoms with Gasteiger partial charge in [-0.3, -0.25) is 0 Å². The van der Waals surface area contributed by atoms with Crippen molar-refractivity contribution in [3.05, 3.63) is 59.0 Å². The zero-order chi connectivity index (χ0) is 12.3. The summed E-state index contributed by atoms with van der Waals surface area (Å²) in [6, 6.07) is 10.9. The molecule has 2 aromatic rings. The van der Waals surface area contributed by atoms with E-state index in [-0.39, 0.29) is 6.04 Å². The zero-order valence-electron chi connectivity index (χ0n) is 10.7. The number of rotatable bonds is 4. The molecular formula is C15H19NO. The van der Waals surface area contributed by atoms with Crippen LogP contribution >= 0.6 is 0 Å². The Morgan fingerprint density at radius 1 is 1.12 bits per heavy atom. The van der Waals surface area contributed by atoms with Crippen molar-refractivity contribution in [3.63, 3.8) is 0 Å². The molecule has 90 valence electrons. The van der Waals surface area contributed by atoms with Crippen LogP contribution in [0.1, 0.15) is 35.4 Å². The average molecular weight is 229 g/mol. The van der Waals surface area contributed by atoms with Crippen LogP contribution in [0, 0.1) is 13.8 Å². The van der Waals surface area contributed by atoms with Gasteiger partial charge >= 0.3 is 0 Å². The minimum Gasteiger partial charge on any atom is -0.469 e. The first-order valence-corrected chi connectivity index (χ1v) is 6.05. The van der Waals surface area contributed by atoms with Gasteiger partial charge in [-0.1, -0.05) is 36.8 Å². The van der Waals surface area contributed by atoms with Crippen LogP contribution in [0.15, 0.2) is 41.0 Å². The summed E-state index contributed by atoms with van der Waals surface area (Å²) in [5.41, 5.74) is 3.75. The van der Waals surface area contributed by atoms with Crippen molar-refractivity contribution in [3.8, 4) is 0 Å². The maximum absolute atomic E-state index is 5.40. The Morgan fingerprint density at radius 3 is 2.35 bits per heavy atom. The molecule has 1 aromatic carbocycles. The molecule has 0 aliphatic carbocycles. The molecule has 1 heterocycles. The summed E-state index contributed by atoms with van der Waals surface area (Å²) in [6.45, 7) is 7.13. The van der Waals surface area contributed by atoms with Crippen LogP contribution in [0.5, 0.6) is 0 Å². The van der Waals surface area contributed by atoms with Crippen molar-refractivity contribution < 1.29 is 4.42 Å². The van der Waals surface area contributed by atoms with E-state index >= 15 is 0 Å². The third-order valence-electron chi connectivity index (χ3n) is 2.90. The summed E-state index contributed by atoms with van der Waals surface area (Å²) in [4.78, 5) is 0. The topological polar surface area (TPSA) is 25.2 Å². The average Bonchev–Trinajstić information content (AvgIpc) is 2.74. The third-order valence-corrected chi connectivity index (χ3v) is 2.90. The Hall–Kier alpha value is -1.54. The van der Waals surface area contributed by atoms with Crippen molar-refractivity contribution in [2.45, 2.75) is 26.8 Å². The molecule has 0 saturated heterocycles. The molecule has 0 aliphatic heterocycles. The van der Waals surface area contributed by atoms with E-state index in [1.807, 2.05) is 13.2 Å². The summed E-state index contributed by atoms with van der Waals surface area (Å²) >= 11 is 0. The van der Waals surface area contributed by atoms with Gasteiger partial charge in [0.15, 0.2) is 0 Å². The monoisotopic (exact) mass is 229 g/mol. The number of hydrogen-bond acceptors (Lipinski definition) is 2. The summed E-state index contributed by atoms with van der Waals surface area (Å²) in [5, 5.41) is 3.49. The lowest BCUT2D eigenvalue weighted by Gasteiger charge is -2.16. The second kappa shape index (κ2) is 5.19. The molecule has 2 nitrogen and oxygen atoms in total. The highest BCUT2D eigenvalue weighted by Gasteiger charge is 2.14. The lowest BCUT2D eigenvalue weighted by atomic mass is 10.00. The Morgan fingerprint density at radius 2 is 1.82 bits per heavy atom. The van der Waals surface area contributed by atoms with Crippen molar-refractivity contribution in [1.82, 2.24) is 5.32 Å². The maximum atomic E-state index is 5.40. The smallest absolute Gasteiger partial charge is 0.101 e. The fraction of sp³-hybridized carbons (Fsp3) is 0.333. The molecule has 1 unspecified atom stereocenters. The van der Waals surface area contributed by atoms with Crippen LogP contribution in [0.2, 0.25) is 0 Å². The molecule has 2 heteroatoms. The van der Waals surface area contributed by atoms with Crippen LogP contribution in [0.25, 0.3) is 0 Å². The summed E-state index contributed by atoms with van der Waals surface area (Å²) in [7, 11) is 0. The minimum atomic E-state index is 0.220. The molecule has 0 fully saturated rings. The fourth-order valence-corrected chi connectivity index (χ4v) is 2.01. The molecule has 1 aromatic heterocycles. The molecule has 1 atom stereocenters. The Bertz CT molecular complexity index is 470. The predicted octanol–water partition coefficient (Wildman–Crippen LogP) is 3.60. The van der Waals surface area contributed by atoms with E-state index in [0.29, 0.717) is 0 Å². The predicted molar refractivity (Wildman–Crippen MR) is 70.1 cm³/mol. The lowest BCUT2D eigenvalue weighted by molar-refractivity contribution is 0.525. The lowest BCUT2D eigenvalue weighted by Crippen LogP contribution is -2.21. The van der Waals surface area contributed by atoms with Gasteiger partial charge in [0, 0.05) is 5.56 Å². The first-order chi connectivity index (χ1) is 8.20. The van der Waals surface area contributed by atoms with E-state index < -0.39 is 0 Å². The normalized spacial score (nSPS) is 12.6. The van der Waals surface area contributed by atoms with Crippen molar-refractivity contribution in [2.75, 3.05) is 6.54 Å². The van der Waals surface area contributed by atoms with Gasteiger partial charge in [-0.25, -0.2) is 0 Å². The van der Waals surface area contributed by atoms with E-state index in [4.69, 9.17) is 4.42 Å². The molecule has 1 N–H and O–H groups in total. The highest BCUT2D eigenvalue weighted by atomic mass is 16.3. The molecule has 0 saturated carbocycles. The third kappa shape index (κ3) is 2.77. The van der Waals surface area contributed by atoms with Gasteiger partial charge in [0.25, 0.3) is 0 Å². The molecule has 0 amide bonds. The number of benzene rings is 1. The van der Waals surface area contributed by atoms with Crippen molar-refractivity contribution >= 4 is 0 Å². The van der Waals surface area contributed by atoms with Crippen molar-refractivity contribution in [1.29, 1.82) is 0 Å². The number of furan rings is 1. The van der Waals surface area contributed by atoms with Crippen LogP contribution in [0.4, 0.5) is 0 Å². The van der Waals surface area contributed by atoms with E-state index in [1.54, 1.807) is 0 Å². The maximum Gasteiger partial charge on any atom is 0.101 e. The fourth-order valence-electron chi connectivity index (χ4n) is 2.01. The van der Waals surface area contributed by atoms with Gasteiger partial charge in [0.2, 0.25) is 0 Å². The van der Waals surface area contributed by atoms with E-state index in [9.17, 15) is 0 Å². The first kappa shape index (κ1) is 11.9. The van der Waals surface area contributed by atoms with Gasteiger partial charge in [-0.15, -0.1) is 0 Å². The van der Waals surface area contributed by atoms with Crippen LogP contribution < -0.4 is 5.32 Å². The molecule has 2 rings (SSSR count). The van der Waals surface area contributed by atoms with Gasteiger partial charge in [0.1, 0.15) is 5.76 Å². The summed E-state index contributed by atoms with van der Waals surface area (Å²) < 4.78 is 5.40. The van der Waals surface area contributed by atoms with E-state index in [1.165, 1.54) is 16.7 Å². The minimum absolute atomic E-state index is 0.220. The molecular weight excluding hydrogens is 210 g/mol. The van der Waals surface area contributed by atoms with Gasteiger partial charge in [0.05, 0.1) is 12.3 Å². The Balaban J connectivity index is 2.31. The largest absolute Gasteiger partial charge is 0.469 e. The number of hydrogen-bond donors (Lipinski definition) is 1. The molecule has 0 bridgehead atoms. The summed E-state index contributed by atoms with van der Waals surface area (Å²) in [5.74, 6) is 0.954. The highest BCUT2D eigenvalue weighted by Crippen LogP contribution is 2.24. The summed E-state index contributed by atoms with van der Waals surface area (Å²) in [6.07, 6.45) is 1.84.